The molecule has 0 saturated carbocycles. The average Bonchev–Trinajstić information content (AvgIpc) is 2.68. The van der Waals surface area contributed by atoms with Crippen LogP contribution in [0.1, 0.15) is 20.3 Å². The predicted octanol–water partition coefficient (Wildman–Crippen LogP) is 0.753. The molecule has 1 aliphatic rings. The van der Waals surface area contributed by atoms with Gasteiger partial charge in [-0.05, 0) is 37.5 Å². The lowest BCUT2D eigenvalue weighted by atomic mass is 10.1. The Morgan fingerprint density at radius 2 is 1.75 bits per heavy atom. The first-order valence-electron chi connectivity index (χ1n) is 6.27. The number of nitrogens with zero attached hydrogens (tertiary/aromatic N) is 1. The van der Waals surface area contributed by atoms with Gasteiger partial charge in [0.1, 0.15) is 0 Å². The van der Waals surface area contributed by atoms with Gasteiger partial charge in [-0.25, -0.2) is 22.0 Å². The molecule has 1 aliphatic heterocycles. The molecule has 0 amide bonds. The Kier molecular flexibility index (Phi) is 3.94. The molecule has 0 radical (unpaired) electrons. The smallest absolute Gasteiger partial charge is 0.225 e. The quantitative estimate of drug-likeness (QED) is 0.889. The number of primary sulfonamides is 1. The second kappa shape index (κ2) is 5.10. The van der Waals surface area contributed by atoms with Crippen LogP contribution in [0, 0.1) is 5.92 Å². The van der Waals surface area contributed by atoms with Crippen molar-refractivity contribution in [1.29, 1.82) is 0 Å². The van der Waals surface area contributed by atoms with Gasteiger partial charge in [-0.3, -0.25) is 0 Å². The second-order valence-electron chi connectivity index (χ2n) is 5.28. The van der Waals surface area contributed by atoms with Crippen LogP contribution in [0.2, 0.25) is 0 Å². The van der Waals surface area contributed by atoms with Crippen LogP contribution < -0.4 is 5.14 Å². The van der Waals surface area contributed by atoms with Gasteiger partial charge >= 0.3 is 0 Å². The minimum absolute atomic E-state index is 0.0371. The maximum Gasteiger partial charge on any atom is 0.243 e. The van der Waals surface area contributed by atoms with Crippen LogP contribution in [0.5, 0.6) is 0 Å². The summed E-state index contributed by atoms with van der Waals surface area (Å²) in [6, 6.07) is 5.08. The predicted molar refractivity (Wildman–Crippen MR) is 75.0 cm³/mol. The molecule has 112 valence electrons. The van der Waals surface area contributed by atoms with E-state index in [2.05, 4.69) is 0 Å². The Morgan fingerprint density at radius 3 is 2.25 bits per heavy atom. The number of hydrogen-bond acceptors (Lipinski definition) is 4. The highest BCUT2D eigenvalue weighted by atomic mass is 32.2. The minimum atomic E-state index is -3.92. The lowest BCUT2D eigenvalue weighted by Gasteiger charge is -2.21. The van der Waals surface area contributed by atoms with Crippen molar-refractivity contribution < 1.29 is 16.8 Å². The van der Waals surface area contributed by atoms with E-state index in [1.807, 2.05) is 13.8 Å². The highest BCUT2D eigenvalue weighted by molar-refractivity contribution is 7.90. The van der Waals surface area contributed by atoms with E-state index in [4.69, 9.17) is 5.14 Å². The van der Waals surface area contributed by atoms with Crippen molar-refractivity contribution in [2.45, 2.75) is 36.1 Å². The van der Waals surface area contributed by atoms with Gasteiger partial charge in [-0.1, -0.05) is 13.0 Å². The van der Waals surface area contributed by atoms with Crippen molar-refractivity contribution in [3.8, 4) is 0 Å². The van der Waals surface area contributed by atoms with Crippen LogP contribution >= 0.6 is 0 Å². The average molecular weight is 318 g/mol. The molecule has 1 heterocycles. The fourth-order valence-electron chi connectivity index (χ4n) is 2.54. The number of nitrogens with two attached hydrogens (primary N) is 1. The largest absolute Gasteiger partial charge is 0.243 e. The van der Waals surface area contributed by atoms with Crippen LogP contribution in [-0.2, 0) is 20.0 Å². The lowest BCUT2D eigenvalue weighted by molar-refractivity contribution is 0.405. The molecule has 1 saturated heterocycles. The monoisotopic (exact) mass is 318 g/mol. The van der Waals surface area contributed by atoms with Gasteiger partial charge < -0.3 is 0 Å². The zero-order chi connectivity index (χ0) is 15.1. The van der Waals surface area contributed by atoms with Crippen molar-refractivity contribution in [1.82, 2.24) is 4.31 Å². The van der Waals surface area contributed by atoms with Crippen molar-refractivity contribution in [3.63, 3.8) is 0 Å². The zero-order valence-electron chi connectivity index (χ0n) is 11.4. The van der Waals surface area contributed by atoms with Crippen molar-refractivity contribution in [2.24, 2.45) is 11.1 Å². The molecule has 2 unspecified atom stereocenters. The number of rotatable bonds is 3. The van der Waals surface area contributed by atoms with E-state index in [-0.39, 0.29) is 15.8 Å². The third-order valence-corrected chi connectivity index (χ3v) is 6.35. The first-order chi connectivity index (χ1) is 9.12. The molecule has 0 spiro atoms. The molecule has 1 aromatic rings. The van der Waals surface area contributed by atoms with Gasteiger partial charge in [-0.15, -0.1) is 0 Å². The molecule has 8 heteroatoms. The van der Waals surface area contributed by atoms with E-state index in [0.717, 1.165) is 12.5 Å². The summed E-state index contributed by atoms with van der Waals surface area (Å²) in [7, 11) is -7.61. The summed E-state index contributed by atoms with van der Waals surface area (Å²) < 4.78 is 49.2. The Bertz CT molecular complexity index is 713. The number of hydrogen-bond donors (Lipinski definition) is 1. The maximum absolute atomic E-state index is 12.6. The molecule has 6 nitrogen and oxygen atoms in total. The molecule has 0 aliphatic carbocycles. The van der Waals surface area contributed by atoms with Crippen molar-refractivity contribution in [2.75, 3.05) is 6.54 Å². The number of sulfonamides is 2. The standard InChI is InChI=1S/C12H18N2O4S2/c1-9-6-10(2)14(8-9)20(17,18)12-5-3-4-11(7-12)19(13,15)16/h3-5,7,9-10H,6,8H2,1-2H3,(H2,13,15,16). The Morgan fingerprint density at radius 1 is 1.15 bits per heavy atom. The summed E-state index contributed by atoms with van der Waals surface area (Å²) in [6.45, 7) is 4.29. The molecule has 2 atom stereocenters. The summed E-state index contributed by atoms with van der Waals surface area (Å²) in [4.78, 5) is -0.233. The van der Waals surface area contributed by atoms with Crippen LogP contribution in [0.15, 0.2) is 34.1 Å². The lowest BCUT2D eigenvalue weighted by Crippen LogP contribution is -2.34. The topological polar surface area (TPSA) is 97.5 Å². The van der Waals surface area contributed by atoms with Gasteiger partial charge in [0.2, 0.25) is 20.0 Å². The third kappa shape index (κ3) is 2.88. The molecular formula is C12H18N2O4S2. The normalized spacial score (nSPS) is 24.9. The molecule has 20 heavy (non-hydrogen) atoms. The Hall–Kier alpha value is -0.960. The highest BCUT2D eigenvalue weighted by Gasteiger charge is 2.36. The van der Waals surface area contributed by atoms with Gasteiger partial charge in [0.15, 0.2) is 0 Å². The van der Waals surface area contributed by atoms with E-state index < -0.39 is 20.0 Å². The highest BCUT2D eigenvalue weighted by Crippen LogP contribution is 2.29. The summed E-state index contributed by atoms with van der Waals surface area (Å²) in [5.74, 6) is 0.293. The first kappa shape index (κ1) is 15.4. The van der Waals surface area contributed by atoms with E-state index in [1.165, 1.54) is 22.5 Å². The van der Waals surface area contributed by atoms with Crippen LogP contribution in [0.3, 0.4) is 0 Å². The van der Waals surface area contributed by atoms with Gasteiger partial charge in [0.25, 0.3) is 0 Å². The molecule has 1 fully saturated rings. The summed E-state index contributed by atoms with van der Waals surface area (Å²) in [6.07, 6.45) is 0.800. The van der Waals surface area contributed by atoms with Crippen molar-refractivity contribution in [3.05, 3.63) is 24.3 Å². The van der Waals surface area contributed by atoms with Gasteiger partial charge in [0, 0.05) is 12.6 Å². The van der Waals surface area contributed by atoms with E-state index in [0.29, 0.717) is 12.5 Å². The molecule has 1 aromatic carbocycles. The molecular weight excluding hydrogens is 300 g/mol. The third-order valence-electron chi connectivity index (χ3n) is 3.47. The fourth-order valence-corrected chi connectivity index (χ4v) is 4.99. The summed E-state index contributed by atoms with van der Waals surface area (Å²) >= 11 is 0. The molecule has 0 bridgehead atoms. The van der Waals surface area contributed by atoms with Gasteiger partial charge in [0.05, 0.1) is 9.79 Å². The first-order valence-corrected chi connectivity index (χ1v) is 9.25. The zero-order valence-corrected chi connectivity index (χ0v) is 13.0. The Balaban J connectivity index is 2.45. The van der Waals surface area contributed by atoms with E-state index >= 15 is 0 Å². The van der Waals surface area contributed by atoms with Gasteiger partial charge in [-0.2, -0.15) is 4.31 Å². The Labute approximate surface area is 119 Å². The summed E-state index contributed by atoms with van der Waals surface area (Å²) in [5.41, 5.74) is 0. The molecule has 2 rings (SSSR count). The van der Waals surface area contributed by atoms with Crippen LogP contribution in [-0.4, -0.2) is 33.7 Å². The van der Waals surface area contributed by atoms with Crippen LogP contribution in [0.25, 0.3) is 0 Å². The van der Waals surface area contributed by atoms with Crippen molar-refractivity contribution >= 4 is 20.0 Å². The fraction of sp³-hybridized carbons (Fsp3) is 0.500. The molecule has 2 N–H and O–H groups in total. The number of benzene rings is 1. The summed E-state index contributed by atoms with van der Waals surface area (Å²) in [5, 5.41) is 5.04. The second-order valence-corrected chi connectivity index (χ2v) is 8.74. The maximum atomic E-state index is 12.6. The molecule has 0 aromatic heterocycles. The minimum Gasteiger partial charge on any atom is -0.225 e. The SMILES string of the molecule is CC1CC(C)N(S(=O)(=O)c2cccc(S(N)(=O)=O)c2)C1. The van der Waals surface area contributed by atoms with Crippen LogP contribution in [0.4, 0.5) is 0 Å². The van der Waals surface area contributed by atoms with E-state index in [1.54, 1.807) is 0 Å². The van der Waals surface area contributed by atoms with E-state index in [9.17, 15) is 16.8 Å².